The van der Waals surface area contributed by atoms with E-state index >= 15 is 0 Å². The number of hydrogen-bond donors (Lipinski definition) is 0. The first kappa shape index (κ1) is 17.8. The second-order valence-electron chi connectivity index (χ2n) is 6.89. The Balaban J connectivity index is 1.56. The predicted octanol–water partition coefficient (Wildman–Crippen LogP) is 1.53. The summed E-state index contributed by atoms with van der Waals surface area (Å²) in [5.41, 5.74) is 0.608. The third-order valence-corrected chi connectivity index (χ3v) is 5.58. The Morgan fingerprint density at radius 3 is 2.83 bits per heavy atom. The van der Waals surface area contributed by atoms with Crippen LogP contribution in [0.3, 0.4) is 0 Å². The number of rotatable bonds is 4. The lowest BCUT2D eigenvalue weighted by Gasteiger charge is -2.33. The highest BCUT2D eigenvalue weighted by Crippen LogP contribution is 2.18. The van der Waals surface area contributed by atoms with Crippen molar-refractivity contribution < 1.29 is 9.53 Å². The van der Waals surface area contributed by atoms with Crippen molar-refractivity contribution in [2.75, 3.05) is 53.5 Å². The van der Waals surface area contributed by atoms with Crippen LogP contribution in [0.4, 0.5) is 0 Å². The molecule has 0 bridgehead atoms. The molecule has 7 heteroatoms. The molecule has 0 unspecified atom stereocenters. The van der Waals surface area contributed by atoms with Crippen LogP contribution in [-0.4, -0.2) is 85.1 Å². The summed E-state index contributed by atoms with van der Waals surface area (Å²) in [5, 5.41) is 2.91. The van der Waals surface area contributed by atoms with E-state index in [0.29, 0.717) is 11.7 Å². The summed E-state index contributed by atoms with van der Waals surface area (Å²) in [6.07, 6.45) is 3.28. The molecule has 2 saturated heterocycles. The largest absolute Gasteiger partial charge is 0.381 e. The van der Waals surface area contributed by atoms with Gasteiger partial charge in [0.2, 0.25) is 0 Å². The summed E-state index contributed by atoms with van der Waals surface area (Å²) >= 11 is 1.57. The molecule has 3 rings (SSSR count). The van der Waals surface area contributed by atoms with Crippen LogP contribution in [0.1, 0.15) is 34.8 Å². The molecule has 0 saturated carbocycles. The number of thiazole rings is 1. The smallest absolute Gasteiger partial charge is 0.273 e. The van der Waals surface area contributed by atoms with Crippen molar-refractivity contribution in [2.24, 2.45) is 0 Å². The molecule has 1 aromatic rings. The summed E-state index contributed by atoms with van der Waals surface area (Å²) < 4.78 is 5.47. The Kier molecular flexibility index (Phi) is 6.21. The topological polar surface area (TPSA) is 48.9 Å². The monoisotopic (exact) mass is 352 g/mol. The normalized spacial score (nSPS) is 21.2. The van der Waals surface area contributed by atoms with E-state index in [1.165, 1.54) is 0 Å². The van der Waals surface area contributed by atoms with Crippen molar-refractivity contribution in [1.29, 1.82) is 0 Å². The lowest BCUT2D eigenvalue weighted by atomic mass is 10.1. The van der Waals surface area contributed by atoms with Gasteiger partial charge in [-0.25, -0.2) is 4.98 Å². The first-order valence-corrected chi connectivity index (χ1v) is 9.71. The molecule has 0 aliphatic carbocycles. The number of carbonyl (C=O) groups is 1. The highest BCUT2D eigenvalue weighted by atomic mass is 32.1. The van der Waals surface area contributed by atoms with E-state index in [-0.39, 0.29) is 5.91 Å². The Labute approximate surface area is 148 Å². The minimum absolute atomic E-state index is 0.0880. The second kappa shape index (κ2) is 8.38. The second-order valence-corrected chi connectivity index (χ2v) is 7.83. The van der Waals surface area contributed by atoms with E-state index in [0.717, 1.165) is 70.2 Å². The number of nitrogens with zero attached hydrogens (tertiary/aromatic N) is 4. The van der Waals surface area contributed by atoms with Crippen LogP contribution in [-0.2, 0) is 11.3 Å². The van der Waals surface area contributed by atoms with Gasteiger partial charge in [-0.2, -0.15) is 0 Å². The van der Waals surface area contributed by atoms with Crippen molar-refractivity contribution in [3.05, 3.63) is 16.1 Å². The van der Waals surface area contributed by atoms with Gasteiger partial charge >= 0.3 is 0 Å². The zero-order valence-corrected chi connectivity index (χ0v) is 15.6. The summed E-state index contributed by atoms with van der Waals surface area (Å²) in [7, 11) is 4.03. The molecule has 0 atom stereocenters. The molecular weight excluding hydrogens is 324 g/mol. The Bertz CT molecular complexity index is 542. The van der Waals surface area contributed by atoms with E-state index in [1.54, 1.807) is 11.3 Å². The van der Waals surface area contributed by atoms with Crippen LogP contribution in [0.25, 0.3) is 0 Å². The van der Waals surface area contributed by atoms with Gasteiger partial charge in [0.05, 0.1) is 0 Å². The van der Waals surface area contributed by atoms with Crippen molar-refractivity contribution in [2.45, 2.75) is 31.8 Å². The molecule has 1 aromatic heterocycles. The number of hydrogen-bond acceptors (Lipinski definition) is 6. The zero-order valence-electron chi connectivity index (χ0n) is 14.7. The van der Waals surface area contributed by atoms with Crippen LogP contribution < -0.4 is 0 Å². The minimum Gasteiger partial charge on any atom is -0.381 e. The fourth-order valence-electron chi connectivity index (χ4n) is 3.47. The Hall–Kier alpha value is -1.02. The number of ether oxygens (including phenoxy) is 1. The number of amides is 1. The Morgan fingerprint density at radius 2 is 2.08 bits per heavy atom. The SMILES string of the molecule is CN(C)Cc1nc(C(=O)N2CCCN(C3CCOCC3)CC2)cs1. The number of aromatic nitrogens is 1. The van der Waals surface area contributed by atoms with Gasteiger partial charge in [0, 0.05) is 57.4 Å². The molecule has 0 N–H and O–H groups in total. The average molecular weight is 353 g/mol. The molecule has 6 nitrogen and oxygen atoms in total. The first-order chi connectivity index (χ1) is 11.6. The van der Waals surface area contributed by atoms with Crippen LogP contribution in [0.15, 0.2) is 5.38 Å². The standard InChI is InChI=1S/C17H28N4O2S/c1-19(2)12-16-18-15(13-24-16)17(22)21-7-3-6-20(8-9-21)14-4-10-23-11-5-14/h13-14H,3-12H2,1-2H3. The molecular formula is C17H28N4O2S. The van der Waals surface area contributed by atoms with E-state index in [1.807, 2.05) is 24.4 Å². The van der Waals surface area contributed by atoms with Crippen LogP contribution >= 0.6 is 11.3 Å². The molecule has 0 aromatic carbocycles. The van der Waals surface area contributed by atoms with Crippen molar-refractivity contribution in [3.8, 4) is 0 Å². The van der Waals surface area contributed by atoms with Gasteiger partial charge < -0.3 is 14.5 Å². The fraction of sp³-hybridized carbons (Fsp3) is 0.765. The molecule has 0 radical (unpaired) electrons. The lowest BCUT2D eigenvalue weighted by molar-refractivity contribution is 0.0351. The molecule has 1 amide bonds. The highest BCUT2D eigenvalue weighted by Gasteiger charge is 2.26. The maximum Gasteiger partial charge on any atom is 0.273 e. The fourth-order valence-corrected chi connectivity index (χ4v) is 4.36. The molecule has 2 fully saturated rings. The van der Waals surface area contributed by atoms with Gasteiger partial charge in [-0.3, -0.25) is 9.69 Å². The third kappa shape index (κ3) is 4.53. The zero-order chi connectivity index (χ0) is 16.9. The lowest BCUT2D eigenvalue weighted by Crippen LogP contribution is -2.42. The quantitative estimate of drug-likeness (QED) is 0.823. The van der Waals surface area contributed by atoms with Crippen molar-refractivity contribution >= 4 is 17.2 Å². The molecule has 2 aliphatic heterocycles. The first-order valence-electron chi connectivity index (χ1n) is 8.83. The van der Waals surface area contributed by atoms with Gasteiger partial charge in [0.25, 0.3) is 5.91 Å². The molecule has 0 spiro atoms. The predicted molar refractivity (Wildman–Crippen MR) is 95.4 cm³/mol. The average Bonchev–Trinajstić information content (AvgIpc) is 2.90. The van der Waals surface area contributed by atoms with Gasteiger partial charge in [0.1, 0.15) is 10.7 Å². The van der Waals surface area contributed by atoms with Gasteiger partial charge in [-0.1, -0.05) is 0 Å². The van der Waals surface area contributed by atoms with Gasteiger partial charge in [0.15, 0.2) is 0 Å². The van der Waals surface area contributed by atoms with E-state index in [9.17, 15) is 4.79 Å². The summed E-state index contributed by atoms with van der Waals surface area (Å²) in [6, 6.07) is 0.625. The van der Waals surface area contributed by atoms with E-state index in [2.05, 4.69) is 14.8 Å². The molecule has 134 valence electrons. The van der Waals surface area contributed by atoms with Crippen molar-refractivity contribution in [1.82, 2.24) is 19.7 Å². The van der Waals surface area contributed by atoms with Crippen LogP contribution in [0, 0.1) is 0 Å². The molecule has 2 aliphatic rings. The molecule has 3 heterocycles. The number of carbonyl (C=O) groups excluding carboxylic acids is 1. The maximum absolute atomic E-state index is 12.8. The van der Waals surface area contributed by atoms with E-state index in [4.69, 9.17) is 4.74 Å². The minimum atomic E-state index is 0.0880. The third-order valence-electron chi connectivity index (χ3n) is 4.75. The van der Waals surface area contributed by atoms with Gasteiger partial charge in [-0.05, 0) is 33.4 Å². The summed E-state index contributed by atoms with van der Waals surface area (Å²) in [4.78, 5) is 23.9. The highest BCUT2D eigenvalue weighted by molar-refractivity contribution is 7.09. The summed E-state index contributed by atoms with van der Waals surface area (Å²) in [6.45, 7) is 6.21. The van der Waals surface area contributed by atoms with Crippen molar-refractivity contribution in [3.63, 3.8) is 0 Å². The van der Waals surface area contributed by atoms with Crippen LogP contribution in [0.2, 0.25) is 0 Å². The molecule has 24 heavy (non-hydrogen) atoms. The van der Waals surface area contributed by atoms with E-state index < -0.39 is 0 Å². The van der Waals surface area contributed by atoms with Crippen LogP contribution in [0.5, 0.6) is 0 Å². The van der Waals surface area contributed by atoms with Gasteiger partial charge in [-0.15, -0.1) is 11.3 Å². The summed E-state index contributed by atoms with van der Waals surface area (Å²) in [5.74, 6) is 0.0880. The maximum atomic E-state index is 12.8. The Morgan fingerprint density at radius 1 is 1.29 bits per heavy atom.